The smallest absolute Gasteiger partial charge is 0.123 e. The van der Waals surface area contributed by atoms with Crippen LogP contribution in [0.25, 0.3) is 0 Å². The molecule has 2 aromatic rings. The van der Waals surface area contributed by atoms with Crippen LogP contribution in [0.15, 0.2) is 34.9 Å². The molecule has 0 fully saturated rings. The Bertz CT molecular complexity index is 541. The minimum atomic E-state index is -0.366. The number of nitrogens with two attached hydrogens (primary N) is 1. The predicted octanol–water partition coefficient (Wildman–Crippen LogP) is 2.48. The van der Waals surface area contributed by atoms with Crippen molar-refractivity contribution >= 4 is 15.9 Å². The maximum Gasteiger partial charge on any atom is 0.123 e. The number of ether oxygens (including phenoxy) is 1. The minimum absolute atomic E-state index is 0.275. The number of hydrogen-bond donors (Lipinski definition) is 1. The van der Waals surface area contributed by atoms with Gasteiger partial charge in [0, 0.05) is 7.11 Å². The summed E-state index contributed by atoms with van der Waals surface area (Å²) >= 11 is 3.44. The molecule has 2 rings (SSSR count). The molecule has 2 N–H and O–H groups in total. The summed E-state index contributed by atoms with van der Waals surface area (Å²) in [5.74, 6) is -0.275. The number of rotatable bonds is 5. The van der Waals surface area contributed by atoms with E-state index in [4.69, 9.17) is 10.5 Å². The molecule has 6 heteroatoms. The molecule has 0 aliphatic heterocycles. The van der Waals surface area contributed by atoms with Crippen molar-refractivity contribution in [1.29, 1.82) is 0 Å². The molecule has 1 atom stereocenters. The first-order valence-electron chi connectivity index (χ1n) is 5.84. The second-order valence-corrected chi connectivity index (χ2v) is 4.98. The van der Waals surface area contributed by atoms with Gasteiger partial charge in [-0.15, -0.1) is 0 Å². The van der Waals surface area contributed by atoms with Gasteiger partial charge in [-0.05, 0) is 33.6 Å². The number of halogens is 2. The lowest BCUT2D eigenvalue weighted by Crippen LogP contribution is -2.19. The predicted molar refractivity (Wildman–Crippen MR) is 74.2 cm³/mol. The summed E-state index contributed by atoms with van der Waals surface area (Å²) in [5, 5.41) is 4.25. The molecular weight excluding hydrogens is 313 g/mol. The van der Waals surface area contributed by atoms with Crippen molar-refractivity contribution in [2.24, 2.45) is 5.73 Å². The molecular formula is C13H15BrFN3O. The van der Waals surface area contributed by atoms with Crippen LogP contribution in [-0.4, -0.2) is 23.5 Å². The third-order valence-electron chi connectivity index (χ3n) is 2.86. The zero-order valence-electron chi connectivity index (χ0n) is 10.5. The molecule has 0 radical (unpaired) electrons. The second kappa shape index (κ2) is 6.27. The van der Waals surface area contributed by atoms with Gasteiger partial charge in [-0.1, -0.05) is 12.1 Å². The molecule has 1 unspecified atom stereocenters. The fourth-order valence-corrected chi connectivity index (χ4v) is 2.41. The van der Waals surface area contributed by atoms with Gasteiger partial charge in [0.05, 0.1) is 35.6 Å². The Kier molecular flexibility index (Phi) is 4.68. The summed E-state index contributed by atoms with van der Waals surface area (Å²) in [5.41, 5.74) is 7.92. The molecule has 102 valence electrons. The van der Waals surface area contributed by atoms with Crippen LogP contribution >= 0.6 is 15.9 Å². The highest BCUT2D eigenvalue weighted by Gasteiger charge is 2.18. The Morgan fingerprint density at radius 2 is 2.11 bits per heavy atom. The molecule has 0 spiro atoms. The van der Waals surface area contributed by atoms with Crippen LogP contribution < -0.4 is 5.73 Å². The molecule has 0 aliphatic carbocycles. The van der Waals surface area contributed by atoms with Crippen molar-refractivity contribution in [2.75, 3.05) is 13.7 Å². The third kappa shape index (κ3) is 3.20. The SMILES string of the molecule is COCCn1ncc(Br)c1C(N)c1ccc(F)cc1. The van der Waals surface area contributed by atoms with Gasteiger partial charge in [0.2, 0.25) is 0 Å². The standard InChI is InChI=1S/C13H15BrFN3O/c1-19-7-6-18-13(11(14)8-17-18)12(16)9-2-4-10(15)5-3-9/h2-5,8,12H,6-7,16H2,1H3. The van der Waals surface area contributed by atoms with E-state index in [2.05, 4.69) is 21.0 Å². The van der Waals surface area contributed by atoms with Gasteiger partial charge in [0.1, 0.15) is 5.82 Å². The molecule has 0 amide bonds. The Hall–Kier alpha value is -1.24. The maximum absolute atomic E-state index is 12.9. The topological polar surface area (TPSA) is 53.1 Å². The lowest BCUT2D eigenvalue weighted by molar-refractivity contribution is 0.182. The van der Waals surface area contributed by atoms with Crippen molar-refractivity contribution in [3.8, 4) is 0 Å². The van der Waals surface area contributed by atoms with E-state index in [1.54, 1.807) is 30.1 Å². The van der Waals surface area contributed by atoms with E-state index in [0.29, 0.717) is 13.2 Å². The van der Waals surface area contributed by atoms with Gasteiger partial charge in [0.25, 0.3) is 0 Å². The number of hydrogen-bond acceptors (Lipinski definition) is 3. The zero-order chi connectivity index (χ0) is 13.8. The fourth-order valence-electron chi connectivity index (χ4n) is 1.87. The molecule has 4 nitrogen and oxygen atoms in total. The molecule has 0 bridgehead atoms. The Labute approximate surface area is 119 Å². The Morgan fingerprint density at radius 3 is 2.74 bits per heavy atom. The summed E-state index contributed by atoms with van der Waals surface area (Å²) in [6, 6.07) is 5.80. The highest BCUT2D eigenvalue weighted by Crippen LogP contribution is 2.26. The average molecular weight is 328 g/mol. The number of nitrogens with zero attached hydrogens (tertiary/aromatic N) is 2. The average Bonchev–Trinajstić information content (AvgIpc) is 2.77. The summed E-state index contributed by atoms with van der Waals surface area (Å²) in [7, 11) is 1.64. The maximum atomic E-state index is 12.9. The number of aromatic nitrogens is 2. The number of methoxy groups -OCH3 is 1. The first-order chi connectivity index (χ1) is 9.13. The summed E-state index contributed by atoms with van der Waals surface area (Å²) in [4.78, 5) is 0. The van der Waals surface area contributed by atoms with E-state index in [0.717, 1.165) is 15.7 Å². The monoisotopic (exact) mass is 327 g/mol. The lowest BCUT2D eigenvalue weighted by Gasteiger charge is -2.15. The lowest BCUT2D eigenvalue weighted by atomic mass is 10.0. The van der Waals surface area contributed by atoms with Crippen LogP contribution in [0.4, 0.5) is 4.39 Å². The van der Waals surface area contributed by atoms with Gasteiger partial charge >= 0.3 is 0 Å². The van der Waals surface area contributed by atoms with E-state index in [-0.39, 0.29) is 11.9 Å². The Balaban J connectivity index is 2.29. The molecule has 0 saturated heterocycles. The van der Waals surface area contributed by atoms with Crippen molar-refractivity contribution in [3.63, 3.8) is 0 Å². The van der Waals surface area contributed by atoms with Crippen LogP contribution in [0.5, 0.6) is 0 Å². The van der Waals surface area contributed by atoms with Crippen molar-refractivity contribution < 1.29 is 9.13 Å². The first-order valence-corrected chi connectivity index (χ1v) is 6.64. The fraction of sp³-hybridized carbons (Fsp3) is 0.308. The normalized spacial score (nSPS) is 12.6. The van der Waals surface area contributed by atoms with Gasteiger partial charge in [-0.25, -0.2) is 4.39 Å². The van der Waals surface area contributed by atoms with Gasteiger partial charge in [-0.3, -0.25) is 4.68 Å². The molecule has 1 aromatic heterocycles. The van der Waals surface area contributed by atoms with Crippen molar-refractivity contribution in [1.82, 2.24) is 9.78 Å². The van der Waals surface area contributed by atoms with Crippen LogP contribution in [-0.2, 0) is 11.3 Å². The van der Waals surface area contributed by atoms with Crippen LogP contribution in [0.1, 0.15) is 17.3 Å². The van der Waals surface area contributed by atoms with E-state index in [1.165, 1.54) is 12.1 Å². The van der Waals surface area contributed by atoms with E-state index >= 15 is 0 Å². The van der Waals surface area contributed by atoms with Gasteiger partial charge in [0.15, 0.2) is 0 Å². The van der Waals surface area contributed by atoms with Crippen LogP contribution in [0, 0.1) is 5.82 Å². The minimum Gasteiger partial charge on any atom is -0.383 e. The van der Waals surface area contributed by atoms with E-state index < -0.39 is 0 Å². The Morgan fingerprint density at radius 1 is 1.42 bits per heavy atom. The first kappa shape index (κ1) is 14.2. The number of benzene rings is 1. The summed E-state index contributed by atoms with van der Waals surface area (Å²) in [6.07, 6.45) is 1.70. The van der Waals surface area contributed by atoms with E-state index in [9.17, 15) is 4.39 Å². The van der Waals surface area contributed by atoms with Gasteiger partial charge < -0.3 is 10.5 Å². The largest absolute Gasteiger partial charge is 0.383 e. The van der Waals surface area contributed by atoms with Crippen LogP contribution in [0.3, 0.4) is 0 Å². The third-order valence-corrected chi connectivity index (χ3v) is 3.48. The molecule has 0 aliphatic rings. The van der Waals surface area contributed by atoms with Crippen molar-refractivity contribution in [3.05, 3.63) is 52.0 Å². The summed E-state index contributed by atoms with van der Waals surface area (Å²) in [6.45, 7) is 1.17. The second-order valence-electron chi connectivity index (χ2n) is 4.12. The molecule has 19 heavy (non-hydrogen) atoms. The molecule has 1 aromatic carbocycles. The van der Waals surface area contributed by atoms with Crippen molar-refractivity contribution in [2.45, 2.75) is 12.6 Å². The summed E-state index contributed by atoms with van der Waals surface area (Å²) < 4.78 is 20.6. The van der Waals surface area contributed by atoms with Crippen LogP contribution in [0.2, 0.25) is 0 Å². The zero-order valence-corrected chi connectivity index (χ0v) is 12.1. The quantitative estimate of drug-likeness (QED) is 0.917. The molecule has 1 heterocycles. The van der Waals surface area contributed by atoms with Gasteiger partial charge in [-0.2, -0.15) is 5.10 Å². The highest BCUT2D eigenvalue weighted by molar-refractivity contribution is 9.10. The van der Waals surface area contributed by atoms with E-state index in [1.807, 2.05) is 0 Å². The highest BCUT2D eigenvalue weighted by atomic mass is 79.9. The molecule has 0 saturated carbocycles.